The Labute approximate surface area is 362 Å². The predicted molar refractivity (Wildman–Crippen MR) is 260 cm³/mol. The second kappa shape index (κ2) is 13.2. The number of hydrogen-bond acceptors (Lipinski definition) is 1. The van der Waals surface area contributed by atoms with E-state index >= 15 is 0 Å². The van der Waals surface area contributed by atoms with Gasteiger partial charge in [-0.05, 0) is 143 Å². The van der Waals surface area contributed by atoms with Crippen LogP contribution in [0.3, 0.4) is 0 Å². The van der Waals surface area contributed by atoms with Crippen molar-refractivity contribution in [1.82, 2.24) is 0 Å². The Morgan fingerprint density at radius 2 is 0.885 bits per heavy atom. The molecule has 0 N–H and O–H groups in total. The zero-order chi connectivity index (χ0) is 42.1. The van der Waals surface area contributed by atoms with Crippen molar-refractivity contribution in [3.8, 4) is 44.5 Å². The second-order valence-corrected chi connectivity index (χ2v) is 20.4. The molecule has 300 valence electrons. The standard InChI is InChI=1S/C60H55N/c1-57(2)33-34-58(3,4)56-47(23-16-26-52(56)57)49-36-48-45-21-12-14-25-51(45)60(7,8)54(48)37-55(49)61(41-31-32-46-44-20-11-13-24-50(44)59(5,6)53(46)35-41)40-29-27-39(28-30-40)43-22-15-18-38-17-9-10-19-42(38)43/h9-32,35-37H,33-34H2,1-8H3. The van der Waals surface area contributed by atoms with Gasteiger partial charge >= 0.3 is 0 Å². The van der Waals surface area contributed by atoms with Gasteiger partial charge in [-0.1, -0.05) is 183 Å². The molecular formula is C60H55N. The highest BCUT2D eigenvalue weighted by atomic mass is 15.1. The van der Waals surface area contributed by atoms with Crippen molar-refractivity contribution in [3.63, 3.8) is 0 Å². The fourth-order valence-electron chi connectivity index (χ4n) is 11.6. The van der Waals surface area contributed by atoms with E-state index in [1.165, 1.54) is 106 Å². The lowest BCUT2D eigenvalue weighted by atomic mass is 9.61. The summed E-state index contributed by atoms with van der Waals surface area (Å²) in [6.07, 6.45) is 2.33. The van der Waals surface area contributed by atoms with Crippen molar-refractivity contribution in [1.29, 1.82) is 0 Å². The van der Waals surface area contributed by atoms with Crippen LogP contribution in [0.5, 0.6) is 0 Å². The van der Waals surface area contributed by atoms with Gasteiger partial charge in [-0.25, -0.2) is 0 Å². The van der Waals surface area contributed by atoms with E-state index in [9.17, 15) is 0 Å². The molecule has 0 bridgehead atoms. The average molecular weight is 790 g/mol. The lowest BCUT2D eigenvalue weighted by Crippen LogP contribution is -2.34. The highest BCUT2D eigenvalue weighted by Crippen LogP contribution is 2.57. The topological polar surface area (TPSA) is 3.24 Å². The fraction of sp³-hybridized carbons (Fsp3) is 0.233. The summed E-state index contributed by atoms with van der Waals surface area (Å²) in [5.41, 5.74) is 22.4. The van der Waals surface area contributed by atoms with Crippen LogP contribution in [0.2, 0.25) is 0 Å². The quantitative estimate of drug-likeness (QED) is 0.168. The first kappa shape index (κ1) is 37.8. The van der Waals surface area contributed by atoms with E-state index in [0.29, 0.717) is 0 Å². The Hall–Kier alpha value is -6.18. The number of benzene rings is 8. The molecule has 0 atom stereocenters. The number of rotatable bonds is 5. The fourth-order valence-corrected chi connectivity index (χ4v) is 11.6. The average Bonchev–Trinajstić information content (AvgIpc) is 3.64. The Bertz CT molecular complexity index is 3070. The predicted octanol–water partition coefficient (Wildman–Crippen LogP) is 16.6. The molecule has 0 fully saturated rings. The molecule has 0 saturated heterocycles. The number of nitrogens with zero attached hydrogens (tertiary/aromatic N) is 1. The van der Waals surface area contributed by atoms with Crippen molar-refractivity contribution >= 4 is 27.8 Å². The van der Waals surface area contributed by atoms with Gasteiger partial charge in [-0.3, -0.25) is 0 Å². The zero-order valence-corrected chi connectivity index (χ0v) is 36.9. The molecule has 11 rings (SSSR count). The van der Waals surface area contributed by atoms with Crippen LogP contribution in [-0.2, 0) is 21.7 Å². The lowest BCUT2D eigenvalue weighted by molar-refractivity contribution is 0.333. The van der Waals surface area contributed by atoms with E-state index in [1.54, 1.807) is 0 Å². The molecule has 0 saturated carbocycles. The minimum Gasteiger partial charge on any atom is -0.310 e. The summed E-state index contributed by atoms with van der Waals surface area (Å²) in [5.74, 6) is 0. The van der Waals surface area contributed by atoms with Crippen LogP contribution in [0.15, 0.2) is 164 Å². The molecule has 61 heavy (non-hydrogen) atoms. The smallest absolute Gasteiger partial charge is 0.0543 e. The van der Waals surface area contributed by atoms with E-state index < -0.39 is 0 Å². The van der Waals surface area contributed by atoms with E-state index in [0.717, 1.165) is 12.1 Å². The maximum atomic E-state index is 2.58. The monoisotopic (exact) mass is 789 g/mol. The van der Waals surface area contributed by atoms with Crippen molar-refractivity contribution in [2.24, 2.45) is 0 Å². The molecule has 0 heterocycles. The third kappa shape index (κ3) is 5.59. The maximum absolute atomic E-state index is 2.58. The van der Waals surface area contributed by atoms with Gasteiger partial charge in [0.1, 0.15) is 0 Å². The van der Waals surface area contributed by atoms with Gasteiger partial charge in [-0.15, -0.1) is 0 Å². The summed E-state index contributed by atoms with van der Waals surface area (Å²) in [7, 11) is 0. The van der Waals surface area contributed by atoms with Gasteiger partial charge in [0, 0.05) is 27.8 Å². The van der Waals surface area contributed by atoms with Crippen molar-refractivity contribution in [2.45, 2.75) is 89.9 Å². The van der Waals surface area contributed by atoms with E-state index in [4.69, 9.17) is 0 Å². The Balaban J connectivity index is 1.20. The molecule has 0 unspecified atom stereocenters. The van der Waals surface area contributed by atoms with Crippen LogP contribution in [0.1, 0.15) is 102 Å². The number of fused-ring (bicyclic) bond motifs is 8. The summed E-state index contributed by atoms with van der Waals surface area (Å²) in [6, 6.07) is 62.4. The van der Waals surface area contributed by atoms with E-state index in [1.807, 2.05) is 0 Å². The Morgan fingerprint density at radius 1 is 0.361 bits per heavy atom. The summed E-state index contributed by atoms with van der Waals surface area (Å²) in [6.45, 7) is 19.4. The highest BCUT2D eigenvalue weighted by Gasteiger charge is 2.42. The van der Waals surface area contributed by atoms with Gasteiger partial charge in [-0.2, -0.15) is 0 Å². The molecule has 0 aliphatic heterocycles. The third-order valence-electron chi connectivity index (χ3n) is 15.1. The first-order valence-corrected chi connectivity index (χ1v) is 22.3. The number of anilines is 3. The molecule has 0 amide bonds. The van der Waals surface area contributed by atoms with Gasteiger partial charge < -0.3 is 4.90 Å². The molecule has 8 aromatic carbocycles. The summed E-state index contributed by atoms with van der Waals surface area (Å²) in [4.78, 5) is 2.58. The molecule has 0 aromatic heterocycles. The normalized spacial score (nSPS) is 16.9. The first-order valence-electron chi connectivity index (χ1n) is 22.3. The molecule has 1 heteroatoms. The summed E-state index contributed by atoms with van der Waals surface area (Å²) < 4.78 is 0. The van der Waals surface area contributed by atoms with Gasteiger partial charge in [0.2, 0.25) is 0 Å². The van der Waals surface area contributed by atoms with Gasteiger partial charge in [0.15, 0.2) is 0 Å². The van der Waals surface area contributed by atoms with Crippen LogP contribution in [0.25, 0.3) is 55.3 Å². The van der Waals surface area contributed by atoms with Crippen LogP contribution < -0.4 is 4.90 Å². The van der Waals surface area contributed by atoms with Crippen LogP contribution >= 0.6 is 0 Å². The minimum absolute atomic E-state index is 0.0171. The lowest BCUT2D eigenvalue weighted by Gasteiger charge is -2.43. The summed E-state index contributed by atoms with van der Waals surface area (Å²) in [5, 5.41) is 2.54. The van der Waals surface area contributed by atoms with Crippen LogP contribution in [-0.4, -0.2) is 0 Å². The van der Waals surface area contributed by atoms with Gasteiger partial charge in [0.25, 0.3) is 0 Å². The minimum atomic E-state index is -0.165. The number of hydrogen-bond donors (Lipinski definition) is 0. The molecule has 1 nitrogen and oxygen atoms in total. The van der Waals surface area contributed by atoms with E-state index in [2.05, 4.69) is 224 Å². The molecule has 0 radical (unpaired) electrons. The second-order valence-electron chi connectivity index (χ2n) is 20.4. The van der Waals surface area contributed by atoms with Gasteiger partial charge in [0.05, 0.1) is 5.69 Å². The molecule has 8 aromatic rings. The Morgan fingerprint density at radius 3 is 1.62 bits per heavy atom. The largest absolute Gasteiger partial charge is 0.310 e. The summed E-state index contributed by atoms with van der Waals surface area (Å²) >= 11 is 0. The SMILES string of the molecule is CC1(C)CCC(C)(C)c2c(-c3cc4c(cc3N(c3ccc(-c5cccc6ccccc56)cc3)c3ccc5c(c3)C(C)(C)c3ccccc3-5)C(C)(C)c3ccccc3-4)cccc21. The molecule has 3 aliphatic rings. The van der Waals surface area contributed by atoms with E-state index in [-0.39, 0.29) is 21.7 Å². The highest BCUT2D eigenvalue weighted by molar-refractivity contribution is 5.99. The first-order chi connectivity index (χ1) is 29.3. The third-order valence-corrected chi connectivity index (χ3v) is 15.1. The van der Waals surface area contributed by atoms with Crippen molar-refractivity contribution < 1.29 is 0 Å². The zero-order valence-electron chi connectivity index (χ0n) is 36.9. The molecule has 3 aliphatic carbocycles. The van der Waals surface area contributed by atoms with Crippen molar-refractivity contribution in [3.05, 3.63) is 197 Å². The Kier molecular flexibility index (Phi) is 8.15. The molecular weight excluding hydrogens is 735 g/mol. The maximum Gasteiger partial charge on any atom is 0.0543 e. The molecule has 0 spiro atoms. The van der Waals surface area contributed by atoms with Crippen LogP contribution in [0.4, 0.5) is 17.1 Å². The van der Waals surface area contributed by atoms with Crippen molar-refractivity contribution in [2.75, 3.05) is 4.90 Å². The van der Waals surface area contributed by atoms with Crippen LogP contribution in [0, 0.1) is 0 Å².